The van der Waals surface area contributed by atoms with Crippen molar-refractivity contribution >= 4 is 33.7 Å². The predicted octanol–water partition coefficient (Wildman–Crippen LogP) is 3.20. The van der Waals surface area contributed by atoms with Crippen LogP contribution >= 0.6 is 15.9 Å². The van der Waals surface area contributed by atoms with Gasteiger partial charge in [-0.15, -0.1) is 0 Å². The molecule has 2 amide bonds. The van der Waals surface area contributed by atoms with E-state index in [4.69, 9.17) is 9.90 Å². The van der Waals surface area contributed by atoms with Crippen molar-refractivity contribution < 1.29 is 32.7 Å². The zero-order valence-corrected chi connectivity index (χ0v) is 19.8. The van der Waals surface area contributed by atoms with Crippen molar-refractivity contribution in [2.24, 2.45) is 0 Å². The van der Waals surface area contributed by atoms with Gasteiger partial charge in [0.25, 0.3) is 5.91 Å². The number of hydrogen-bond acceptors (Lipinski definition) is 4. The van der Waals surface area contributed by atoms with Crippen LogP contribution in [0.1, 0.15) is 15.9 Å². The molecule has 0 aliphatic carbocycles. The maximum atomic E-state index is 13.1. The number of nitrogens with zero attached hydrogens (tertiary/aromatic N) is 2. The summed E-state index contributed by atoms with van der Waals surface area (Å²) in [6, 6.07) is 17.3. The third-order valence-corrected chi connectivity index (χ3v) is 5.40. The molecule has 0 atom stereocenters. The first-order valence-electron chi connectivity index (χ1n) is 10.5. The van der Waals surface area contributed by atoms with Gasteiger partial charge in [-0.3, -0.25) is 9.59 Å². The molecule has 2 aromatic carbocycles. The van der Waals surface area contributed by atoms with Gasteiger partial charge in [0.15, 0.2) is 0 Å². The van der Waals surface area contributed by atoms with Gasteiger partial charge in [0.05, 0.1) is 0 Å². The van der Waals surface area contributed by atoms with Gasteiger partial charge in [-0.25, -0.2) is 4.79 Å². The Morgan fingerprint density at radius 1 is 1.03 bits per heavy atom. The Kier molecular flexibility index (Phi) is 10.5. The monoisotopic (exact) mass is 543 g/mol. The summed E-state index contributed by atoms with van der Waals surface area (Å²) in [5, 5.41) is 10.4. The Labute approximate surface area is 203 Å². The Balaban J connectivity index is 0.000000509. The van der Waals surface area contributed by atoms with Crippen LogP contribution in [-0.2, 0) is 16.0 Å². The number of piperazine rings is 1. The summed E-state index contributed by atoms with van der Waals surface area (Å²) in [5.41, 5.74) is 1.74. The molecule has 1 heterocycles. The normalized spacial score (nSPS) is 13.5. The van der Waals surface area contributed by atoms with E-state index in [0.29, 0.717) is 25.2 Å². The van der Waals surface area contributed by atoms with Crippen LogP contribution in [-0.4, -0.2) is 78.1 Å². The Bertz CT molecular complexity index is 967. The quantitative estimate of drug-likeness (QED) is 0.584. The van der Waals surface area contributed by atoms with Crippen molar-refractivity contribution in [2.75, 3.05) is 39.3 Å². The van der Waals surface area contributed by atoms with Crippen LogP contribution < -0.4 is 5.32 Å². The standard InChI is InChI=1S/C21H24BrN3O2.C2HF3O2/c22-19-8-4-7-18(15-19)21(27)25(12-9-17-5-2-1-3-6-17)16-20(26)24-13-10-23-11-14-24;3-2(4,5)1(6)7/h1-8,15,23H,9-14,16H2;(H,6,7). The molecule has 7 nitrogen and oxygen atoms in total. The number of nitrogens with one attached hydrogen (secondary N) is 1. The highest BCUT2D eigenvalue weighted by molar-refractivity contribution is 9.10. The average Bonchev–Trinajstić information content (AvgIpc) is 2.82. The number of hydrogen-bond donors (Lipinski definition) is 2. The lowest BCUT2D eigenvalue weighted by molar-refractivity contribution is -0.192. The van der Waals surface area contributed by atoms with Gasteiger partial charge >= 0.3 is 12.1 Å². The van der Waals surface area contributed by atoms with E-state index in [1.807, 2.05) is 47.4 Å². The fourth-order valence-corrected chi connectivity index (χ4v) is 3.54. The number of rotatable bonds is 6. The molecule has 0 aromatic heterocycles. The van der Waals surface area contributed by atoms with Crippen LogP contribution in [0, 0.1) is 0 Å². The highest BCUT2D eigenvalue weighted by Crippen LogP contribution is 2.15. The van der Waals surface area contributed by atoms with Crippen LogP contribution in [0.3, 0.4) is 0 Å². The van der Waals surface area contributed by atoms with Crippen molar-refractivity contribution in [2.45, 2.75) is 12.6 Å². The fraction of sp³-hybridized carbons (Fsp3) is 0.348. The van der Waals surface area contributed by atoms with Crippen molar-refractivity contribution in [1.82, 2.24) is 15.1 Å². The van der Waals surface area contributed by atoms with E-state index < -0.39 is 12.1 Å². The number of alkyl halides is 3. The Morgan fingerprint density at radius 2 is 1.65 bits per heavy atom. The molecule has 34 heavy (non-hydrogen) atoms. The first-order valence-corrected chi connectivity index (χ1v) is 11.2. The first-order chi connectivity index (χ1) is 16.1. The second-order valence-corrected chi connectivity index (χ2v) is 8.32. The van der Waals surface area contributed by atoms with E-state index in [0.717, 1.165) is 29.5 Å². The summed E-state index contributed by atoms with van der Waals surface area (Å²) in [6.45, 7) is 3.60. The minimum absolute atomic E-state index is 0.00732. The fourth-order valence-electron chi connectivity index (χ4n) is 3.14. The van der Waals surface area contributed by atoms with E-state index in [9.17, 15) is 22.8 Å². The maximum Gasteiger partial charge on any atom is 0.490 e. The topological polar surface area (TPSA) is 90.0 Å². The molecule has 1 aliphatic heterocycles. The predicted molar refractivity (Wildman–Crippen MR) is 123 cm³/mol. The van der Waals surface area contributed by atoms with Crippen molar-refractivity contribution in [3.05, 3.63) is 70.2 Å². The summed E-state index contributed by atoms with van der Waals surface area (Å²) in [6.07, 6.45) is -4.37. The summed E-state index contributed by atoms with van der Waals surface area (Å²) in [7, 11) is 0. The lowest BCUT2D eigenvalue weighted by Crippen LogP contribution is -2.50. The van der Waals surface area contributed by atoms with Crippen LogP contribution in [0.5, 0.6) is 0 Å². The van der Waals surface area contributed by atoms with Gasteiger partial charge in [0, 0.05) is 42.8 Å². The van der Waals surface area contributed by atoms with E-state index in [1.54, 1.807) is 17.0 Å². The maximum absolute atomic E-state index is 13.1. The average molecular weight is 544 g/mol. The van der Waals surface area contributed by atoms with Gasteiger partial charge in [-0.1, -0.05) is 52.3 Å². The van der Waals surface area contributed by atoms with Crippen molar-refractivity contribution in [3.63, 3.8) is 0 Å². The molecular formula is C23H25BrF3N3O4. The molecule has 2 aromatic rings. The smallest absolute Gasteiger partial charge is 0.475 e. The van der Waals surface area contributed by atoms with Crippen LogP contribution in [0.25, 0.3) is 0 Å². The minimum atomic E-state index is -5.08. The van der Waals surface area contributed by atoms with Gasteiger partial charge in [-0.2, -0.15) is 13.2 Å². The Hall–Kier alpha value is -2.92. The number of halogens is 4. The molecule has 3 rings (SSSR count). The lowest BCUT2D eigenvalue weighted by atomic mass is 10.1. The van der Waals surface area contributed by atoms with Gasteiger partial charge in [0.1, 0.15) is 6.54 Å². The molecule has 1 fully saturated rings. The van der Waals surface area contributed by atoms with Crippen molar-refractivity contribution in [1.29, 1.82) is 0 Å². The molecule has 1 aliphatic rings. The molecule has 0 bridgehead atoms. The van der Waals surface area contributed by atoms with Crippen LogP contribution in [0.2, 0.25) is 0 Å². The molecular weight excluding hydrogens is 519 g/mol. The number of amides is 2. The third kappa shape index (κ3) is 9.14. The van der Waals surface area contributed by atoms with E-state index in [1.165, 1.54) is 0 Å². The Morgan fingerprint density at radius 3 is 2.21 bits per heavy atom. The molecule has 184 valence electrons. The zero-order valence-electron chi connectivity index (χ0n) is 18.2. The lowest BCUT2D eigenvalue weighted by Gasteiger charge is -2.30. The second-order valence-electron chi connectivity index (χ2n) is 7.41. The summed E-state index contributed by atoms with van der Waals surface area (Å²) in [4.78, 5) is 38.2. The zero-order chi connectivity index (χ0) is 25.1. The minimum Gasteiger partial charge on any atom is -0.475 e. The van der Waals surface area contributed by atoms with Gasteiger partial charge in [0.2, 0.25) is 5.91 Å². The van der Waals surface area contributed by atoms with Gasteiger partial charge in [-0.05, 0) is 30.2 Å². The van der Waals surface area contributed by atoms with Crippen LogP contribution in [0.15, 0.2) is 59.1 Å². The molecule has 0 radical (unpaired) electrons. The van der Waals surface area contributed by atoms with Crippen molar-refractivity contribution in [3.8, 4) is 0 Å². The number of benzene rings is 2. The van der Waals surface area contributed by atoms with Gasteiger partial charge < -0.3 is 20.2 Å². The van der Waals surface area contributed by atoms with E-state index >= 15 is 0 Å². The third-order valence-electron chi connectivity index (χ3n) is 4.91. The van der Waals surface area contributed by atoms with E-state index in [-0.39, 0.29) is 18.4 Å². The summed E-state index contributed by atoms with van der Waals surface area (Å²) in [5.74, 6) is -2.86. The summed E-state index contributed by atoms with van der Waals surface area (Å²) < 4.78 is 32.6. The van der Waals surface area contributed by atoms with E-state index in [2.05, 4.69) is 21.2 Å². The molecule has 11 heteroatoms. The molecule has 0 spiro atoms. The first kappa shape index (κ1) is 27.3. The number of carboxylic acid groups (broad SMARTS) is 1. The summed E-state index contributed by atoms with van der Waals surface area (Å²) >= 11 is 3.42. The number of aliphatic carboxylic acids is 1. The molecule has 1 saturated heterocycles. The molecule has 0 unspecified atom stereocenters. The number of carboxylic acids is 1. The molecule has 2 N–H and O–H groups in total. The van der Waals surface area contributed by atoms with Crippen LogP contribution in [0.4, 0.5) is 13.2 Å². The second kappa shape index (κ2) is 13.1. The highest BCUT2D eigenvalue weighted by atomic mass is 79.9. The largest absolute Gasteiger partial charge is 0.490 e. The highest BCUT2D eigenvalue weighted by Gasteiger charge is 2.38. The molecule has 0 saturated carbocycles. The SMILES string of the molecule is O=C(CN(CCc1ccccc1)C(=O)c1cccc(Br)c1)N1CCNCC1.O=C(O)C(F)(F)F. The number of carbonyl (C=O) groups is 3. The number of carbonyl (C=O) groups excluding carboxylic acids is 2.